The molecule has 1 atom stereocenters. The molecule has 0 unspecified atom stereocenters. The van der Waals surface area contributed by atoms with E-state index in [1.807, 2.05) is 13.8 Å². The zero-order valence-corrected chi connectivity index (χ0v) is 6.03. The molecule has 0 aliphatic heterocycles. The molecule has 0 saturated carbocycles. The molecule has 0 aliphatic carbocycles. The van der Waals surface area contributed by atoms with Crippen LogP contribution in [0.1, 0.15) is 13.8 Å². The van der Waals surface area contributed by atoms with Gasteiger partial charge in [0.25, 0.3) is 0 Å². The summed E-state index contributed by atoms with van der Waals surface area (Å²) in [6, 6.07) is 0.247. The summed E-state index contributed by atoms with van der Waals surface area (Å²) in [5, 5.41) is 0. The Hall–Kier alpha value is 0.210. The maximum Gasteiger partial charge on any atom is 0.0629 e. The molecule has 0 saturated heterocycles. The first kappa shape index (κ1) is 8.21. The van der Waals surface area contributed by atoms with Crippen LogP contribution in [0, 0.1) is 0 Å². The van der Waals surface area contributed by atoms with Crippen LogP contribution in [0.15, 0.2) is 0 Å². The highest BCUT2D eigenvalue weighted by Crippen LogP contribution is 1.83. The van der Waals surface area contributed by atoms with Gasteiger partial charge in [0.1, 0.15) is 0 Å². The minimum Gasteiger partial charge on any atom is -0.380 e. The Labute approximate surface area is 55.3 Å². The van der Waals surface area contributed by atoms with Gasteiger partial charge in [-0.3, -0.25) is 0 Å². The molecule has 0 bridgehead atoms. The van der Waals surface area contributed by atoms with Crippen molar-refractivity contribution in [2.45, 2.75) is 19.9 Å². The monoisotopic (exact) mass is 137 g/mol. The van der Waals surface area contributed by atoms with Gasteiger partial charge in [-0.15, -0.1) is 0 Å². The molecule has 3 heteroatoms. The van der Waals surface area contributed by atoms with Crippen LogP contribution >= 0.6 is 11.8 Å². The highest BCUT2D eigenvalue weighted by atomic mass is 35.5. The van der Waals surface area contributed by atoms with Gasteiger partial charge >= 0.3 is 0 Å². The van der Waals surface area contributed by atoms with E-state index in [-0.39, 0.29) is 6.04 Å². The van der Waals surface area contributed by atoms with Gasteiger partial charge in [-0.25, -0.2) is 4.84 Å². The van der Waals surface area contributed by atoms with E-state index in [0.29, 0.717) is 6.61 Å². The van der Waals surface area contributed by atoms with E-state index in [0.717, 1.165) is 6.61 Å². The minimum atomic E-state index is 0.247. The molecule has 0 aromatic heterocycles. The molecule has 8 heavy (non-hydrogen) atoms. The van der Waals surface area contributed by atoms with Crippen LogP contribution in [0.2, 0.25) is 0 Å². The Bertz CT molecular complexity index is 51.7. The number of halogens is 1. The lowest BCUT2D eigenvalue weighted by atomic mass is 10.4. The molecule has 0 amide bonds. The van der Waals surface area contributed by atoms with Crippen LogP contribution in [0.25, 0.3) is 0 Å². The largest absolute Gasteiger partial charge is 0.380 e. The van der Waals surface area contributed by atoms with E-state index in [1.54, 1.807) is 0 Å². The van der Waals surface area contributed by atoms with Gasteiger partial charge in [-0.1, -0.05) is 0 Å². The zero-order chi connectivity index (χ0) is 6.41. The van der Waals surface area contributed by atoms with Crippen LogP contribution in [0.4, 0.5) is 0 Å². The van der Waals surface area contributed by atoms with E-state index in [9.17, 15) is 0 Å². The number of ether oxygens (including phenoxy) is 1. The number of hydrogen-bond donors (Lipinski definition) is 1. The van der Waals surface area contributed by atoms with E-state index in [4.69, 9.17) is 16.5 Å². The summed E-state index contributed by atoms with van der Waals surface area (Å²) < 4.78 is 5.04. The van der Waals surface area contributed by atoms with Gasteiger partial charge in [-0.05, 0) is 25.6 Å². The second-order valence-corrected chi connectivity index (χ2v) is 1.89. The quantitative estimate of drug-likeness (QED) is 0.587. The van der Waals surface area contributed by atoms with E-state index in [2.05, 4.69) is 4.84 Å². The topological polar surface area (TPSA) is 21.3 Å². The predicted molar refractivity (Wildman–Crippen MR) is 34.9 cm³/mol. The van der Waals surface area contributed by atoms with Crippen molar-refractivity contribution in [1.82, 2.24) is 4.84 Å². The normalized spacial score (nSPS) is 13.9. The second kappa shape index (κ2) is 5.35. The van der Waals surface area contributed by atoms with Crippen molar-refractivity contribution >= 4 is 11.8 Å². The van der Waals surface area contributed by atoms with Gasteiger partial charge < -0.3 is 4.74 Å². The summed E-state index contributed by atoms with van der Waals surface area (Å²) >= 11 is 5.26. The lowest BCUT2D eigenvalue weighted by molar-refractivity contribution is 0.133. The highest BCUT2D eigenvalue weighted by molar-refractivity contribution is 6.13. The molecule has 0 radical (unpaired) electrons. The molecule has 0 aromatic rings. The SMILES string of the molecule is CCOC[C@H](C)NCl. The molecule has 1 N–H and O–H groups in total. The molecular formula is C5H12ClNO. The molecule has 2 nitrogen and oxygen atoms in total. The van der Waals surface area contributed by atoms with Crippen LogP contribution in [0.3, 0.4) is 0 Å². The van der Waals surface area contributed by atoms with E-state index >= 15 is 0 Å². The Morgan fingerprint density at radius 3 is 2.75 bits per heavy atom. The average Bonchev–Trinajstić information content (AvgIpc) is 1.83. The molecule has 0 heterocycles. The van der Waals surface area contributed by atoms with Gasteiger partial charge in [-0.2, -0.15) is 0 Å². The molecule has 50 valence electrons. The molecule has 0 aliphatic rings. The molecule has 0 aromatic carbocycles. The minimum absolute atomic E-state index is 0.247. The van der Waals surface area contributed by atoms with Crippen molar-refractivity contribution in [1.29, 1.82) is 0 Å². The average molecular weight is 138 g/mol. The van der Waals surface area contributed by atoms with Crippen molar-refractivity contribution in [3.05, 3.63) is 0 Å². The van der Waals surface area contributed by atoms with Crippen molar-refractivity contribution in [3.63, 3.8) is 0 Å². The van der Waals surface area contributed by atoms with Gasteiger partial charge in [0.05, 0.1) is 6.61 Å². The fraction of sp³-hybridized carbons (Fsp3) is 1.00. The first-order valence-electron chi connectivity index (χ1n) is 2.75. The lowest BCUT2D eigenvalue weighted by Crippen LogP contribution is -2.22. The molecule has 0 fully saturated rings. The van der Waals surface area contributed by atoms with Crippen LogP contribution in [-0.4, -0.2) is 19.3 Å². The summed E-state index contributed by atoms with van der Waals surface area (Å²) in [5.74, 6) is 0. The fourth-order valence-electron chi connectivity index (χ4n) is 0.326. The highest BCUT2D eigenvalue weighted by Gasteiger charge is 1.95. The van der Waals surface area contributed by atoms with Crippen LogP contribution < -0.4 is 4.84 Å². The van der Waals surface area contributed by atoms with Crippen molar-refractivity contribution in [2.75, 3.05) is 13.2 Å². The molecule has 0 rings (SSSR count). The van der Waals surface area contributed by atoms with Crippen molar-refractivity contribution in [3.8, 4) is 0 Å². The summed E-state index contributed by atoms with van der Waals surface area (Å²) in [5.41, 5.74) is 0. The maximum absolute atomic E-state index is 5.26. The third-order valence-corrected chi connectivity index (χ3v) is 1.13. The second-order valence-electron chi connectivity index (χ2n) is 1.67. The summed E-state index contributed by atoms with van der Waals surface area (Å²) in [7, 11) is 0. The zero-order valence-electron chi connectivity index (χ0n) is 5.28. The first-order valence-corrected chi connectivity index (χ1v) is 3.13. The number of hydrogen-bond acceptors (Lipinski definition) is 2. The molecule has 0 spiro atoms. The van der Waals surface area contributed by atoms with Crippen LogP contribution in [-0.2, 0) is 4.74 Å². The van der Waals surface area contributed by atoms with Gasteiger partial charge in [0.15, 0.2) is 0 Å². The van der Waals surface area contributed by atoms with Crippen molar-refractivity contribution in [2.24, 2.45) is 0 Å². The Morgan fingerprint density at radius 1 is 1.75 bits per heavy atom. The summed E-state index contributed by atoms with van der Waals surface area (Å²) in [6.45, 7) is 5.35. The maximum atomic E-state index is 5.26. The standard InChI is InChI=1S/C5H12ClNO/c1-3-8-4-5(2)7-6/h5,7H,3-4H2,1-2H3/t5-/m0/s1. The Kier molecular flexibility index (Phi) is 5.49. The number of rotatable bonds is 4. The predicted octanol–water partition coefficient (Wildman–Crippen LogP) is 1.15. The lowest BCUT2D eigenvalue weighted by Gasteiger charge is -2.06. The first-order chi connectivity index (χ1) is 3.81. The molecular weight excluding hydrogens is 126 g/mol. The van der Waals surface area contributed by atoms with Crippen molar-refractivity contribution < 1.29 is 4.74 Å². The smallest absolute Gasteiger partial charge is 0.0629 e. The van der Waals surface area contributed by atoms with E-state index in [1.165, 1.54) is 0 Å². The van der Waals surface area contributed by atoms with Crippen LogP contribution in [0.5, 0.6) is 0 Å². The van der Waals surface area contributed by atoms with E-state index < -0.39 is 0 Å². The Balaban J connectivity index is 2.86. The summed E-state index contributed by atoms with van der Waals surface area (Å²) in [4.78, 5) is 2.55. The summed E-state index contributed by atoms with van der Waals surface area (Å²) in [6.07, 6.45) is 0. The van der Waals surface area contributed by atoms with Gasteiger partial charge in [0.2, 0.25) is 0 Å². The third-order valence-electron chi connectivity index (χ3n) is 0.758. The fourth-order valence-corrected chi connectivity index (χ4v) is 0.389. The number of nitrogens with one attached hydrogen (secondary N) is 1. The third kappa shape index (κ3) is 4.37. The Morgan fingerprint density at radius 2 is 2.38 bits per heavy atom. The van der Waals surface area contributed by atoms with Gasteiger partial charge in [0, 0.05) is 12.6 Å².